The van der Waals surface area contributed by atoms with Crippen molar-refractivity contribution >= 4 is 34.8 Å². The van der Waals surface area contributed by atoms with Gasteiger partial charge in [-0.25, -0.2) is 0 Å². The number of halogens is 2. The van der Waals surface area contributed by atoms with Crippen molar-refractivity contribution in [3.8, 4) is 0 Å². The standard InChI is InChI=1S/C12H11Cl2N3/c1-8-7-16-6-5-15-12(16)17(8)11-9(13)3-2-4-10(11)14/h2-4H,1,5-7H2. The Balaban J connectivity index is 2.12. The maximum absolute atomic E-state index is 6.22. The van der Waals surface area contributed by atoms with Crippen LogP contribution in [0.15, 0.2) is 35.5 Å². The molecule has 0 saturated carbocycles. The SMILES string of the molecule is C=C1CN2CCN=C2N1c1c(Cl)cccc1Cl. The van der Waals surface area contributed by atoms with Crippen LogP contribution in [-0.2, 0) is 0 Å². The molecule has 2 heterocycles. The zero-order valence-corrected chi connectivity index (χ0v) is 10.7. The van der Waals surface area contributed by atoms with Gasteiger partial charge in [0.05, 0.1) is 28.8 Å². The van der Waals surface area contributed by atoms with E-state index in [9.17, 15) is 0 Å². The van der Waals surface area contributed by atoms with Crippen molar-refractivity contribution in [2.24, 2.45) is 4.99 Å². The molecule has 1 aromatic carbocycles. The molecule has 5 heteroatoms. The molecule has 0 N–H and O–H groups in total. The lowest BCUT2D eigenvalue weighted by molar-refractivity contribution is 0.519. The summed E-state index contributed by atoms with van der Waals surface area (Å²) in [6.07, 6.45) is 0. The second-order valence-electron chi connectivity index (χ2n) is 4.08. The molecule has 2 aliphatic heterocycles. The highest BCUT2D eigenvalue weighted by molar-refractivity contribution is 6.40. The smallest absolute Gasteiger partial charge is 0.206 e. The summed E-state index contributed by atoms with van der Waals surface area (Å²) in [6.45, 7) is 6.61. The van der Waals surface area contributed by atoms with E-state index in [0.717, 1.165) is 37.0 Å². The van der Waals surface area contributed by atoms with Crippen molar-refractivity contribution in [1.82, 2.24) is 4.90 Å². The van der Waals surface area contributed by atoms with Gasteiger partial charge in [-0.15, -0.1) is 0 Å². The molecule has 1 aromatic rings. The van der Waals surface area contributed by atoms with Crippen molar-refractivity contribution in [3.63, 3.8) is 0 Å². The van der Waals surface area contributed by atoms with E-state index in [1.54, 1.807) is 0 Å². The fraction of sp³-hybridized carbons (Fsp3) is 0.250. The molecule has 88 valence electrons. The number of para-hydroxylation sites is 1. The number of hydrogen-bond donors (Lipinski definition) is 0. The van der Waals surface area contributed by atoms with E-state index in [4.69, 9.17) is 23.2 Å². The largest absolute Gasteiger partial charge is 0.335 e. The van der Waals surface area contributed by atoms with Gasteiger partial charge in [0.1, 0.15) is 0 Å². The van der Waals surface area contributed by atoms with Crippen molar-refractivity contribution in [2.45, 2.75) is 0 Å². The number of fused-ring (bicyclic) bond motifs is 1. The number of aliphatic imine (C=N–C) groups is 1. The Kier molecular flexibility index (Phi) is 2.53. The summed E-state index contributed by atoms with van der Waals surface area (Å²) >= 11 is 12.4. The summed E-state index contributed by atoms with van der Waals surface area (Å²) in [5.74, 6) is 0.907. The Morgan fingerprint density at radius 1 is 1.24 bits per heavy atom. The molecule has 3 nitrogen and oxygen atoms in total. The number of benzene rings is 1. The fourth-order valence-electron chi connectivity index (χ4n) is 2.23. The second-order valence-corrected chi connectivity index (χ2v) is 4.89. The van der Waals surface area contributed by atoms with Gasteiger partial charge in [0.15, 0.2) is 0 Å². The maximum atomic E-state index is 6.22. The first kappa shape index (κ1) is 10.9. The molecule has 0 aromatic heterocycles. The summed E-state index contributed by atoms with van der Waals surface area (Å²) in [7, 11) is 0. The van der Waals surface area contributed by atoms with Crippen LogP contribution in [0.1, 0.15) is 0 Å². The molecule has 0 unspecified atom stereocenters. The van der Waals surface area contributed by atoms with Gasteiger partial charge in [-0.2, -0.15) is 0 Å². The predicted octanol–water partition coefficient (Wildman–Crippen LogP) is 3.00. The van der Waals surface area contributed by atoms with Crippen LogP contribution in [0, 0.1) is 0 Å². The van der Waals surface area contributed by atoms with Gasteiger partial charge < -0.3 is 4.90 Å². The van der Waals surface area contributed by atoms with Gasteiger partial charge in [-0.3, -0.25) is 9.89 Å². The number of rotatable bonds is 1. The molecule has 1 fully saturated rings. The summed E-state index contributed by atoms with van der Waals surface area (Å²) in [5, 5.41) is 1.24. The van der Waals surface area contributed by atoms with Gasteiger partial charge in [-0.05, 0) is 12.1 Å². The van der Waals surface area contributed by atoms with Crippen molar-refractivity contribution in [1.29, 1.82) is 0 Å². The van der Waals surface area contributed by atoms with E-state index in [-0.39, 0.29) is 0 Å². The highest BCUT2D eigenvalue weighted by Gasteiger charge is 2.35. The molecule has 3 rings (SSSR count). The second kappa shape index (κ2) is 3.93. The third kappa shape index (κ3) is 1.61. The zero-order valence-electron chi connectivity index (χ0n) is 9.16. The van der Waals surface area contributed by atoms with E-state index in [2.05, 4.69) is 16.5 Å². The minimum atomic E-state index is 0.620. The van der Waals surface area contributed by atoms with E-state index in [1.807, 2.05) is 23.1 Å². The molecule has 0 spiro atoms. The van der Waals surface area contributed by atoms with Crippen LogP contribution in [0.2, 0.25) is 10.0 Å². The van der Waals surface area contributed by atoms with Crippen molar-refractivity contribution < 1.29 is 0 Å². The van der Waals surface area contributed by atoms with Crippen LogP contribution in [0.25, 0.3) is 0 Å². The zero-order chi connectivity index (χ0) is 12.0. The van der Waals surface area contributed by atoms with Gasteiger partial charge in [0.2, 0.25) is 5.96 Å². The lowest BCUT2D eigenvalue weighted by atomic mass is 10.3. The summed E-state index contributed by atoms with van der Waals surface area (Å²) < 4.78 is 0. The average molecular weight is 268 g/mol. The first-order chi connectivity index (χ1) is 8.18. The van der Waals surface area contributed by atoms with Crippen LogP contribution in [-0.4, -0.2) is 30.5 Å². The van der Waals surface area contributed by atoms with Crippen LogP contribution in [0.4, 0.5) is 5.69 Å². The molecule has 0 bridgehead atoms. The monoisotopic (exact) mass is 267 g/mol. The maximum Gasteiger partial charge on any atom is 0.206 e. The predicted molar refractivity (Wildman–Crippen MR) is 72.0 cm³/mol. The Hall–Kier alpha value is -1.19. The first-order valence-electron chi connectivity index (χ1n) is 5.40. The Labute approximate surface area is 110 Å². The minimum absolute atomic E-state index is 0.620. The van der Waals surface area contributed by atoms with E-state index < -0.39 is 0 Å². The fourth-order valence-corrected chi connectivity index (χ4v) is 2.79. The van der Waals surface area contributed by atoms with Crippen LogP contribution in [0.5, 0.6) is 0 Å². The highest BCUT2D eigenvalue weighted by Crippen LogP contribution is 2.38. The molecular formula is C12H11Cl2N3. The number of nitrogens with zero attached hydrogens (tertiary/aromatic N) is 3. The third-order valence-electron chi connectivity index (χ3n) is 2.96. The first-order valence-corrected chi connectivity index (χ1v) is 6.15. The third-order valence-corrected chi connectivity index (χ3v) is 3.57. The number of hydrogen-bond acceptors (Lipinski definition) is 3. The number of anilines is 1. The van der Waals surface area contributed by atoms with Crippen LogP contribution >= 0.6 is 23.2 Å². The van der Waals surface area contributed by atoms with Gasteiger partial charge >= 0.3 is 0 Å². The number of guanidine groups is 1. The van der Waals surface area contributed by atoms with Gasteiger partial charge in [0, 0.05) is 12.2 Å². The lowest BCUT2D eigenvalue weighted by Gasteiger charge is -2.21. The molecule has 0 atom stereocenters. The highest BCUT2D eigenvalue weighted by atomic mass is 35.5. The van der Waals surface area contributed by atoms with Gasteiger partial charge in [0.25, 0.3) is 0 Å². The normalized spacial score (nSPS) is 18.7. The summed E-state index contributed by atoms with van der Waals surface area (Å²) in [4.78, 5) is 8.62. The Bertz CT molecular complexity index is 504. The van der Waals surface area contributed by atoms with Crippen LogP contribution < -0.4 is 4.90 Å². The van der Waals surface area contributed by atoms with Crippen LogP contribution in [0.3, 0.4) is 0 Å². The molecule has 0 aliphatic carbocycles. The summed E-state index contributed by atoms with van der Waals surface area (Å²) in [5.41, 5.74) is 1.74. The van der Waals surface area contributed by atoms with E-state index in [0.29, 0.717) is 10.0 Å². The Morgan fingerprint density at radius 3 is 2.65 bits per heavy atom. The molecule has 1 saturated heterocycles. The molecule has 0 radical (unpaired) electrons. The lowest BCUT2D eigenvalue weighted by Crippen LogP contribution is -2.29. The van der Waals surface area contributed by atoms with E-state index >= 15 is 0 Å². The molecule has 17 heavy (non-hydrogen) atoms. The van der Waals surface area contributed by atoms with Gasteiger partial charge in [-0.1, -0.05) is 35.8 Å². The van der Waals surface area contributed by atoms with Crippen molar-refractivity contribution in [2.75, 3.05) is 24.5 Å². The molecule has 0 amide bonds. The Morgan fingerprint density at radius 2 is 1.94 bits per heavy atom. The average Bonchev–Trinajstić information content (AvgIpc) is 2.81. The molecular weight excluding hydrogens is 257 g/mol. The van der Waals surface area contributed by atoms with E-state index in [1.165, 1.54) is 0 Å². The minimum Gasteiger partial charge on any atom is -0.335 e. The van der Waals surface area contributed by atoms with Crippen molar-refractivity contribution in [3.05, 3.63) is 40.5 Å². The molecule has 2 aliphatic rings. The quantitative estimate of drug-likeness (QED) is 0.779. The topological polar surface area (TPSA) is 18.8 Å². The summed E-state index contributed by atoms with van der Waals surface area (Å²) in [6, 6.07) is 5.49.